The van der Waals surface area contributed by atoms with Crippen molar-refractivity contribution in [2.75, 3.05) is 17.2 Å². The Bertz CT molecular complexity index is 1440. The number of amidine groups is 1. The predicted molar refractivity (Wildman–Crippen MR) is 155 cm³/mol. The molecular formula is C31H30F3N3O3S. The van der Waals surface area contributed by atoms with Gasteiger partial charge in [0.05, 0.1) is 17.0 Å². The van der Waals surface area contributed by atoms with Crippen molar-refractivity contribution in [3.05, 3.63) is 101 Å². The molecule has 6 nitrogen and oxygen atoms in total. The highest BCUT2D eigenvalue weighted by atomic mass is 32.2. The summed E-state index contributed by atoms with van der Waals surface area (Å²) in [7, 11) is 0. The first-order valence-electron chi connectivity index (χ1n) is 13.2. The number of nitrogens with one attached hydrogen (secondary N) is 1. The normalized spacial score (nSPS) is 14.6. The summed E-state index contributed by atoms with van der Waals surface area (Å²) in [5.74, 6) is 0.200. The van der Waals surface area contributed by atoms with Crippen LogP contribution in [0.3, 0.4) is 0 Å². The molecule has 0 atom stereocenters. The highest BCUT2D eigenvalue weighted by Crippen LogP contribution is 2.33. The topological polar surface area (TPSA) is 78.8 Å². The first-order valence-corrected chi connectivity index (χ1v) is 14.2. The summed E-state index contributed by atoms with van der Waals surface area (Å²) in [6.45, 7) is 4.43. The van der Waals surface area contributed by atoms with Gasteiger partial charge in [-0.2, -0.15) is 18.2 Å². The first kappa shape index (κ1) is 30.0. The van der Waals surface area contributed by atoms with Crippen LogP contribution in [0.1, 0.15) is 47.6 Å². The number of Topliss-reactive ketones (excluding diaryl/α,β-unsaturated/α-hetero) is 1. The Hall–Kier alpha value is -3.92. The van der Waals surface area contributed by atoms with E-state index >= 15 is 0 Å². The number of nitrogens with zero attached hydrogens (tertiary/aromatic N) is 2. The fourth-order valence-electron chi connectivity index (χ4n) is 4.45. The number of para-hydroxylation sites is 1. The number of rotatable bonds is 9. The lowest BCUT2D eigenvalue weighted by atomic mass is 10.0. The van der Waals surface area contributed by atoms with Gasteiger partial charge < -0.3 is 5.32 Å². The molecule has 1 fully saturated rings. The van der Waals surface area contributed by atoms with Gasteiger partial charge in [-0.1, -0.05) is 80.2 Å². The molecular weight excluding hydrogens is 551 g/mol. The summed E-state index contributed by atoms with van der Waals surface area (Å²) in [5, 5.41) is 3.12. The van der Waals surface area contributed by atoms with Gasteiger partial charge in [0.2, 0.25) is 5.91 Å². The van der Waals surface area contributed by atoms with Crippen molar-refractivity contribution in [3.8, 4) is 0 Å². The molecule has 1 N–H and O–H groups in total. The third kappa shape index (κ3) is 8.07. The molecule has 214 valence electrons. The van der Waals surface area contributed by atoms with Gasteiger partial charge in [0, 0.05) is 19.4 Å². The number of hydrogen-bond acceptors (Lipinski definition) is 4. The minimum Gasteiger partial charge on any atom is -0.336 e. The van der Waals surface area contributed by atoms with Gasteiger partial charge in [-0.05, 0) is 52.8 Å². The smallest absolute Gasteiger partial charge is 0.336 e. The molecule has 1 heterocycles. The molecule has 41 heavy (non-hydrogen) atoms. The SMILES string of the molecule is CC(C)c1ccccc1N1C(=O)CSC1=NC(=O)NCCc1ccc(CC(=O)Cc2ccc(C(F)(F)F)cc2)cc1. The number of urea groups is 1. The molecule has 0 unspecified atom stereocenters. The van der Waals surface area contributed by atoms with Crippen LogP contribution in [-0.2, 0) is 35.0 Å². The number of carbonyl (C=O) groups is 3. The van der Waals surface area contributed by atoms with Gasteiger partial charge >= 0.3 is 12.2 Å². The van der Waals surface area contributed by atoms with Gasteiger partial charge in [-0.3, -0.25) is 14.5 Å². The molecule has 0 aromatic heterocycles. The third-order valence-electron chi connectivity index (χ3n) is 6.56. The van der Waals surface area contributed by atoms with Crippen LogP contribution in [0.5, 0.6) is 0 Å². The van der Waals surface area contributed by atoms with Crippen LogP contribution < -0.4 is 10.2 Å². The van der Waals surface area contributed by atoms with Crippen LogP contribution >= 0.6 is 11.8 Å². The van der Waals surface area contributed by atoms with E-state index < -0.39 is 17.8 Å². The number of thioether (sulfide) groups is 1. The monoisotopic (exact) mass is 581 g/mol. The van der Waals surface area contributed by atoms with Gasteiger partial charge in [0.1, 0.15) is 5.78 Å². The van der Waals surface area contributed by atoms with E-state index in [1.807, 2.05) is 62.4 Å². The number of benzene rings is 3. The average molecular weight is 582 g/mol. The highest BCUT2D eigenvalue weighted by molar-refractivity contribution is 8.15. The maximum Gasteiger partial charge on any atom is 0.416 e. The molecule has 0 spiro atoms. The van der Waals surface area contributed by atoms with E-state index in [4.69, 9.17) is 0 Å². The van der Waals surface area contributed by atoms with E-state index in [-0.39, 0.29) is 36.2 Å². The van der Waals surface area contributed by atoms with Crippen LogP contribution in [0, 0.1) is 0 Å². The molecule has 10 heteroatoms. The lowest BCUT2D eigenvalue weighted by Crippen LogP contribution is -2.32. The molecule has 3 amide bonds. The molecule has 0 aliphatic carbocycles. The quantitative estimate of drug-likeness (QED) is 0.310. The van der Waals surface area contributed by atoms with Gasteiger partial charge in [-0.15, -0.1) is 0 Å². The summed E-state index contributed by atoms with van der Waals surface area (Å²) in [6, 6.07) is 19.1. The van der Waals surface area contributed by atoms with E-state index in [9.17, 15) is 27.6 Å². The van der Waals surface area contributed by atoms with Crippen molar-refractivity contribution in [3.63, 3.8) is 0 Å². The Labute approximate surface area is 241 Å². The largest absolute Gasteiger partial charge is 0.416 e. The lowest BCUT2D eigenvalue weighted by Gasteiger charge is -2.21. The predicted octanol–water partition coefficient (Wildman–Crippen LogP) is 6.57. The zero-order valence-corrected chi connectivity index (χ0v) is 23.5. The van der Waals surface area contributed by atoms with E-state index in [1.54, 1.807) is 0 Å². The molecule has 4 rings (SSSR count). The van der Waals surface area contributed by atoms with Crippen LogP contribution in [0.2, 0.25) is 0 Å². The fraction of sp³-hybridized carbons (Fsp3) is 0.290. The number of halogens is 3. The number of amides is 3. The summed E-state index contributed by atoms with van der Waals surface area (Å²) in [5.41, 5.74) is 3.28. The number of carbonyl (C=O) groups excluding carboxylic acids is 3. The van der Waals surface area contributed by atoms with Crippen molar-refractivity contribution >= 4 is 40.3 Å². The fourth-order valence-corrected chi connectivity index (χ4v) is 5.31. The minimum atomic E-state index is -4.41. The second-order valence-corrected chi connectivity index (χ2v) is 11.0. The van der Waals surface area contributed by atoms with Crippen molar-refractivity contribution in [1.82, 2.24) is 5.32 Å². The van der Waals surface area contributed by atoms with E-state index in [0.717, 1.165) is 34.5 Å². The summed E-state index contributed by atoms with van der Waals surface area (Å²) in [4.78, 5) is 43.2. The Balaban J connectivity index is 1.27. The van der Waals surface area contributed by atoms with Crippen LogP contribution in [0.25, 0.3) is 0 Å². The van der Waals surface area contributed by atoms with Crippen molar-refractivity contribution < 1.29 is 27.6 Å². The number of ketones is 1. The highest BCUT2D eigenvalue weighted by Gasteiger charge is 2.32. The number of alkyl halides is 3. The third-order valence-corrected chi connectivity index (χ3v) is 7.48. The molecule has 0 bridgehead atoms. The molecule has 1 aliphatic rings. The molecule has 0 radical (unpaired) electrons. The molecule has 3 aromatic carbocycles. The van der Waals surface area contributed by atoms with Crippen LogP contribution in [-0.4, -0.2) is 35.2 Å². The van der Waals surface area contributed by atoms with Gasteiger partial charge in [0.15, 0.2) is 5.17 Å². The maximum atomic E-state index is 12.7. The number of anilines is 1. The molecule has 0 saturated carbocycles. The first-order chi connectivity index (χ1) is 19.5. The summed E-state index contributed by atoms with van der Waals surface area (Å²) < 4.78 is 38.1. The van der Waals surface area contributed by atoms with Crippen molar-refractivity contribution in [2.24, 2.45) is 4.99 Å². The Morgan fingerprint density at radius 1 is 0.927 bits per heavy atom. The zero-order valence-electron chi connectivity index (χ0n) is 22.7. The number of hydrogen-bond donors (Lipinski definition) is 1. The van der Waals surface area contributed by atoms with E-state index in [0.29, 0.717) is 23.7 Å². The van der Waals surface area contributed by atoms with Crippen molar-refractivity contribution in [1.29, 1.82) is 0 Å². The second kappa shape index (κ2) is 13.2. The van der Waals surface area contributed by atoms with Gasteiger partial charge in [-0.25, -0.2) is 4.79 Å². The lowest BCUT2D eigenvalue weighted by molar-refractivity contribution is -0.137. The summed E-state index contributed by atoms with van der Waals surface area (Å²) in [6.07, 6.45) is -3.64. The minimum absolute atomic E-state index is 0.0544. The zero-order chi connectivity index (χ0) is 29.6. The Morgan fingerprint density at radius 3 is 2.12 bits per heavy atom. The standard InChI is InChI=1S/C31H30F3N3O3S/c1-20(2)26-5-3-4-6-27(26)37-28(39)19-41-30(37)36-29(40)35-16-15-21-7-9-22(10-8-21)17-25(38)18-23-11-13-24(14-12-23)31(32,33)34/h3-14,20H,15-19H2,1-2H3,(H,35,40). The Kier molecular flexibility index (Phi) is 9.65. The second-order valence-electron chi connectivity index (χ2n) is 10.0. The van der Waals surface area contributed by atoms with Crippen LogP contribution in [0.4, 0.5) is 23.7 Å². The molecule has 1 aliphatic heterocycles. The van der Waals surface area contributed by atoms with E-state index in [1.165, 1.54) is 28.8 Å². The average Bonchev–Trinajstić information content (AvgIpc) is 3.28. The van der Waals surface area contributed by atoms with E-state index in [2.05, 4.69) is 10.3 Å². The van der Waals surface area contributed by atoms with Crippen LogP contribution in [0.15, 0.2) is 77.8 Å². The maximum absolute atomic E-state index is 12.7. The van der Waals surface area contributed by atoms with Gasteiger partial charge in [0.25, 0.3) is 0 Å². The number of aliphatic imine (C=N–C) groups is 1. The molecule has 1 saturated heterocycles. The van der Waals surface area contributed by atoms with Crippen molar-refractivity contribution in [2.45, 2.75) is 45.2 Å². The Morgan fingerprint density at radius 2 is 1.51 bits per heavy atom. The molecule has 3 aromatic rings. The summed E-state index contributed by atoms with van der Waals surface area (Å²) >= 11 is 1.23.